The lowest BCUT2D eigenvalue weighted by atomic mass is 9.81. The van der Waals surface area contributed by atoms with Crippen LogP contribution in [0.25, 0.3) is 0 Å². The smallest absolute Gasteiger partial charge is 0.378 e. The van der Waals surface area contributed by atoms with Gasteiger partial charge in [-0.3, -0.25) is 0 Å². The highest BCUT2D eigenvalue weighted by Crippen LogP contribution is 2.43. The summed E-state index contributed by atoms with van der Waals surface area (Å²) in [7, 11) is 0. The Kier molecular flexibility index (Phi) is 3.55. The number of hydrogen-bond donors (Lipinski definition) is 2. The standard InChI is InChI=1S/C15H12F2O3/c16-15(17,13(18)19)14(20,11-7-3-1-4-8-11)12-9-5-2-6-10-12/h1-10,20H,(H,18,19). The van der Waals surface area contributed by atoms with Crippen LogP contribution < -0.4 is 0 Å². The van der Waals surface area contributed by atoms with E-state index in [1.807, 2.05) is 0 Å². The van der Waals surface area contributed by atoms with Crippen molar-refractivity contribution >= 4 is 5.97 Å². The van der Waals surface area contributed by atoms with Crippen molar-refractivity contribution in [3.05, 3.63) is 71.8 Å². The van der Waals surface area contributed by atoms with Crippen molar-refractivity contribution in [2.24, 2.45) is 0 Å². The Balaban J connectivity index is 2.71. The van der Waals surface area contributed by atoms with Crippen LogP contribution in [-0.2, 0) is 10.4 Å². The summed E-state index contributed by atoms with van der Waals surface area (Å²) >= 11 is 0. The fraction of sp³-hybridized carbons (Fsp3) is 0.133. The van der Waals surface area contributed by atoms with Crippen LogP contribution in [0.1, 0.15) is 11.1 Å². The van der Waals surface area contributed by atoms with Crippen LogP contribution in [0.3, 0.4) is 0 Å². The lowest BCUT2D eigenvalue weighted by molar-refractivity contribution is -0.201. The third-order valence-corrected chi connectivity index (χ3v) is 3.11. The molecule has 0 saturated heterocycles. The summed E-state index contributed by atoms with van der Waals surface area (Å²) in [5, 5.41) is 19.3. The summed E-state index contributed by atoms with van der Waals surface area (Å²) in [6.07, 6.45) is 0. The number of hydrogen-bond acceptors (Lipinski definition) is 2. The molecule has 2 aromatic rings. The summed E-state index contributed by atoms with van der Waals surface area (Å²) in [5.41, 5.74) is -3.29. The van der Waals surface area contributed by atoms with E-state index in [0.29, 0.717) is 0 Å². The van der Waals surface area contributed by atoms with E-state index in [1.165, 1.54) is 48.5 Å². The molecule has 0 fully saturated rings. The number of carboxylic acids is 1. The van der Waals surface area contributed by atoms with Gasteiger partial charge in [0.05, 0.1) is 0 Å². The first-order valence-corrected chi connectivity index (χ1v) is 5.85. The van der Waals surface area contributed by atoms with E-state index in [9.17, 15) is 18.7 Å². The van der Waals surface area contributed by atoms with Gasteiger partial charge in [-0.05, 0) is 11.1 Å². The molecule has 0 saturated carbocycles. The molecule has 0 aliphatic carbocycles. The molecule has 104 valence electrons. The minimum Gasteiger partial charge on any atom is -0.477 e. The first kappa shape index (κ1) is 14.1. The van der Waals surface area contributed by atoms with Crippen molar-refractivity contribution < 1.29 is 23.8 Å². The highest BCUT2D eigenvalue weighted by molar-refractivity contribution is 5.78. The average molecular weight is 278 g/mol. The van der Waals surface area contributed by atoms with E-state index in [-0.39, 0.29) is 11.1 Å². The molecule has 0 aromatic heterocycles. The van der Waals surface area contributed by atoms with E-state index in [1.54, 1.807) is 12.1 Å². The largest absolute Gasteiger partial charge is 0.477 e. The van der Waals surface area contributed by atoms with Crippen LogP contribution in [0.2, 0.25) is 0 Å². The zero-order valence-electron chi connectivity index (χ0n) is 10.3. The molecule has 0 unspecified atom stereocenters. The highest BCUT2D eigenvalue weighted by atomic mass is 19.3. The van der Waals surface area contributed by atoms with E-state index in [2.05, 4.69) is 0 Å². The van der Waals surface area contributed by atoms with Gasteiger partial charge < -0.3 is 10.2 Å². The van der Waals surface area contributed by atoms with Crippen LogP contribution in [0.4, 0.5) is 8.78 Å². The first-order chi connectivity index (χ1) is 9.40. The molecule has 0 aliphatic rings. The Morgan fingerprint density at radius 1 is 0.850 bits per heavy atom. The zero-order chi connectivity index (χ0) is 14.8. The van der Waals surface area contributed by atoms with Gasteiger partial charge in [0, 0.05) is 0 Å². The van der Waals surface area contributed by atoms with E-state index < -0.39 is 17.5 Å². The van der Waals surface area contributed by atoms with Crippen molar-refractivity contribution in [1.82, 2.24) is 0 Å². The van der Waals surface area contributed by atoms with E-state index in [4.69, 9.17) is 5.11 Å². The van der Waals surface area contributed by atoms with Crippen molar-refractivity contribution in [2.45, 2.75) is 11.5 Å². The first-order valence-electron chi connectivity index (χ1n) is 5.85. The van der Waals surface area contributed by atoms with Gasteiger partial charge >= 0.3 is 11.9 Å². The molecule has 2 rings (SSSR count). The van der Waals surface area contributed by atoms with Crippen molar-refractivity contribution in [1.29, 1.82) is 0 Å². The number of halogens is 2. The van der Waals surface area contributed by atoms with Gasteiger partial charge in [0.15, 0.2) is 5.60 Å². The molecule has 0 radical (unpaired) electrons. The summed E-state index contributed by atoms with van der Waals surface area (Å²) in [6, 6.07) is 14.1. The zero-order valence-corrected chi connectivity index (χ0v) is 10.3. The molecule has 20 heavy (non-hydrogen) atoms. The molecule has 0 aliphatic heterocycles. The van der Waals surface area contributed by atoms with Crippen molar-refractivity contribution in [3.8, 4) is 0 Å². The monoisotopic (exact) mass is 278 g/mol. The SMILES string of the molecule is O=C(O)C(F)(F)C(O)(c1ccccc1)c1ccccc1. The van der Waals surface area contributed by atoms with Crippen molar-refractivity contribution in [2.75, 3.05) is 0 Å². The second-order valence-electron chi connectivity index (χ2n) is 4.32. The fourth-order valence-electron chi connectivity index (χ4n) is 2.04. The summed E-state index contributed by atoms with van der Waals surface area (Å²) in [6.45, 7) is 0. The van der Waals surface area contributed by atoms with Gasteiger partial charge in [-0.15, -0.1) is 0 Å². The second kappa shape index (κ2) is 5.02. The van der Waals surface area contributed by atoms with E-state index in [0.717, 1.165) is 0 Å². The van der Waals surface area contributed by atoms with Crippen LogP contribution >= 0.6 is 0 Å². The molecule has 2 N–H and O–H groups in total. The van der Waals surface area contributed by atoms with Crippen LogP contribution in [0, 0.1) is 0 Å². The summed E-state index contributed by atoms with van der Waals surface area (Å²) < 4.78 is 28.2. The normalized spacial score (nSPS) is 12.2. The van der Waals surface area contributed by atoms with Gasteiger partial charge in [-0.1, -0.05) is 60.7 Å². The average Bonchev–Trinajstić information content (AvgIpc) is 2.48. The molecular formula is C15H12F2O3. The Morgan fingerprint density at radius 2 is 1.20 bits per heavy atom. The fourth-order valence-corrected chi connectivity index (χ4v) is 2.04. The van der Waals surface area contributed by atoms with Crippen LogP contribution in [0.15, 0.2) is 60.7 Å². The number of aliphatic carboxylic acids is 1. The lowest BCUT2D eigenvalue weighted by Crippen LogP contribution is -2.51. The summed E-state index contributed by atoms with van der Waals surface area (Å²) in [4.78, 5) is 10.9. The third kappa shape index (κ3) is 2.06. The predicted molar refractivity (Wildman–Crippen MR) is 68.5 cm³/mol. The van der Waals surface area contributed by atoms with E-state index >= 15 is 0 Å². The van der Waals surface area contributed by atoms with Crippen molar-refractivity contribution in [3.63, 3.8) is 0 Å². The van der Waals surface area contributed by atoms with Gasteiger partial charge in [-0.2, -0.15) is 8.78 Å². The number of benzene rings is 2. The van der Waals surface area contributed by atoms with Gasteiger partial charge in [0.1, 0.15) is 0 Å². The lowest BCUT2D eigenvalue weighted by Gasteiger charge is -2.34. The Morgan fingerprint density at radius 3 is 1.50 bits per heavy atom. The maximum Gasteiger partial charge on any atom is 0.378 e. The number of carbonyl (C=O) groups is 1. The molecule has 2 aromatic carbocycles. The van der Waals surface area contributed by atoms with Gasteiger partial charge in [0.2, 0.25) is 0 Å². The predicted octanol–water partition coefficient (Wildman–Crippen LogP) is 2.64. The molecule has 0 spiro atoms. The molecule has 3 nitrogen and oxygen atoms in total. The molecule has 0 amide bonds. The number of carboxylic acid groups (broad SMARTS) is 1. The highest BCUT2D eigenvalue weighted by Gasteiger charge is 2.60. The van der Waals surface area contributed by atoms with Gasteiger partial charge in [-0.25, -0.2) is 4.79 Å². The number of alkyl halides is 2. The third-order valence-electron chi connectivity index (χ3n) is 3.11. The summed E-state index contributed by atoms with van der Waals surface area (Å²) in [5.74, 6) is -6.75. The molecule has 5 heteroatoms. The molecule has 0 heterocycles. The van der Waals surface area contributed by atoms with Crippen LogP contribution in [-0.4, -0.2) is 22.1 Å². The minimum absolute atomic E-state index is 0.182. The Labute approximate surface area is 114 Å². The maximum atomic E-state index is 14.1. The molecule has 0 atom stereocenters. The molecular weight excluding hydrogens is 266 g/mol. The second-order valence-corrected chi connectivity index (χ2v) is 4.32. The minimum atomic E-state index is -4.37. The topological polar surface area (TPSA) is 57.5 Å². The molecule has 0 bridgehead atoms. The number of rotatable bonds is 4. The van der Waals surface area contributed by atoms with Gasteiger partial charge in [0.25, 0.3) is 0 Å². The number of aliphatic hydroxyl groups is 1. The van der Waals surface area contributed by atoms with Crippen LogP contribution in [0.5, 0.6) is 0 Å². The Hall–Kier alpha value is -2.27. The quantitative estimate of drug-likeness (QED) is 0.904. The Bertz CT molecular complexity index is 558. The maximum absolute atomic E-state index is 14.1.